The second kappa shape index (κ2) is 5.51. The van der Waals surface area contributed by atoms with Crippen LogP contribution in [-0.4, -0.2) is 25.5 Å². The number of hydrogen-bond acceptors (Lipinski definition) is 3. The lowest BCUT2D eigenvalue weighted by Gasteiger charge is -2.27. The molecule has 0 aromatic heterocycles. The zero-order chi connectivity index (χ0) is 9.61. The van der Waals surface area contributed by atoms with Crippen LogP contribution in [0.3, 0.4) is 0 Å². The number of rotatable bonds is 6. The topological polar surface area (TPSA) is 44.5 Å². The Morgan fingerprint density at radius 1 is 1.42 bits per heavy atom. The molecule has 0 aliphatic heterocycles. The highest BCUT2D eigenvalue weighted by Crippen LogP contribution is 2.15. The van der Waals surface area contributed by atoms with E-state index in [9.17, 15) is 0 Å². The van der Waals surface area contributed by atoms with E-state index in [1.54, 1.807) is 7.11 Å². The monoisotopic (exact) mass is 175 g/mol. The van der Waals surface area contributed by atoms with Gasteiger partial charge >= 0.3 is 0 Å². The molecular weight excluding hydrogens is 154 g/mol. The van der Waals surface area contributed by atoms with E-state index >= 15 is 0 Å². The van der Waals surface area contributed by atoms with Gasteiger partial charge in [-0.05, 0) is 20.3 Å². The summed E-state index contributed by atoms with van der Waals surface area (Å²) in [5.41, 5.74) is 5.60. The molecule has 2 N–H and O–H groups in total. The zero-order valence-corrected chi connectivity index (χ0v) is 8.59. The Hall–Kier alpha value is -0.120. The van der Waals surface area contributed by atoms with Crippen LogP contribution in [-0.2, 0) is 9.47 Å². The van der Waals surface area contributed by atoms with Crippen molar-refractivity contribution < 1.29 is 9.47 Å². The van der Waals surface area contributed by atoms with E-state index in [-0.39, 0.29) is 11.8 Å². The Bertz CT molecular complexity index is 115. The summed E-state index contributed by atoms with van der Waals surface area (Å²) in [5, 5.41) is 0. The molecule has 1 atom stereocenters. The van der Waals surface area contributed by atoms with E-state index in [0.29, 0.717) is 6.61 Å². The van der Waals surface area contributed by atoms with Gasteiger partial charge in [0, 0.05) is 20.1 Å². The minimum Gasteiger partial charge on any atom is -0.385 e. The molecule has 3 nitrogen and oxygen atoms in total. The normalized spacial score (nSPS) is 14.8. The minimum atomic E-state index is -0.208. The maximum Gasteiger partial charge on any atom is 0.108 e. The third kappa shape index (κ3) is 5.52. The van der Waals surface area contributed by atoms with Crippen LogP contribution < -0.4 is 5.73 Å². The molecule has 0 aliphatic carbocycles. The molecule has 0 rings (SSSR count). The lowest BCUT2D eigenvalue weighted by Crippen LogP contribution is -2.36. The summed E-state index contributed by atoms with van der Waals surface area (Å²) in [4.78, 5) is 0. The Morgan fingerprint density at radius 3 is 2.42 bits per heavy atom. The second-order valence-electron chi connectivity index (χ2n) is 3.55. The van der Waals surface area contributed by atoms with E-state index < -0.39 is 0 Å². The second-order valence-corrected chi connectivity index (χ2v) is 3.55. The van der Waals surface area contributed by atoms with Gasteiger partial charge in [0.15, 0.2) is 0 Å². The van der Waals surface area contributed by atoms with Crippen LogP contribution in [0.2, 0.25) is 0 Å². The summed E-state index contributed by atoms with van der Waals surface area (Å²) in [6.07, 6.45) is 1.51. The van der Waals surface area contributed by atoms with Crippen LogP contribution in [0.1, 0.15) is 33.6 Å². The number of nitrogens with two attached hydrogens (primary N) is 1. The first-order chi connectivity index (χ1) is 5.52. The van der Waals surface area contributed by atoms with Gasteiger partial charge in [-0.15, -0.1) is 0 Å². The molecule has 12 heavy (non-hydrogen) atoms. The quantitative estimate of drug-likeness (QED) is 0.622. The molecule has 0 bridgehead atoms. The predicted octanol–water partition coefficient (Wildman–Crippen LogP) is 1.51. The Kier molecular flexibility index (Phi) is 5.46. The predicted molar refractivity (Wildman–Crippen MR) is 49.9 cm³/mol. The van der Waals surface area contributed by atoms with Gasteiger partial charge in [-0.1, -0.05) is 6.92 Å². The van der Waals surface area contributed by atoms with E-state index in [4.69, 9.17) is 15.2 Å². The molecule has 0 amide bonds. The van der Waals surface area contributed by atoms with E-state index in [1.165, 1.54) is 0 Å². The molecule has 1 unspecified atom stereocenters. The van der Waals surface area contributed by atoms with Crippen LogP contribution in [0.5, 0.6) is 0 Å². The molecule has 0 spiro atoms. The SMILES string of the molecule is CCC(C)(C)OC(N)CCOC. The average molecular weight is 175 g/mol. The third-order valence-corrected chi connectivity index (χ3v) is 1.93. The summed E-state index contributed by atoms with van der Waals surface area (Å²) in [6.45, 7) is 6.82. The molecule has 74 valence electrons. The van der Waals surface area contributed by atoms with Crippen molar-refractivity contribution in [3.05, 3.63) is 0 Å². The van der Waals surface area contributed by atoms with Gasteiger partial charge in [0.1, 0.15) is 6.23 Å². The van der Waals surface area contributed by atoms with Gasteiger partial charge in [-0.3, -0.25) is 0 Å². The maximum atomic E-state index is 5.72. The van der Waals surface area contributed by atoms with Crippen molar-refractivity contribution in [1.29, 1.82) is 0 Å². The van der Waals surface area contributed by atoms with Crippen LogP contribution in [0.15, 0.2) is 0 Å². The van der Waals surface area contributed by atoms with Crippen molar-refractivity contribution in [3.8, 4) is 0 Å². The standard InChI is InChI=1S/C9H21NO2/c1-5-9(2,3)12-8(10)6-7-11-4/h8H,5-7,10H2,1-4H3. The van der Waals surface area contributed by atoms with Crippen molar-refractivity contribution in [2.45, 2.75) is 45.4 Å². The molecule has 0 saturated carbocycles. The summed E-state index contributed by atoms with van der Waals surface area (Å²) in [7, 11) is 1.66. The fourth-order valence-corrected chi connectivity index (χ4v) is 0.786. The average Bonchev–Trinajstić information content (AvgIpc) is 2.00. The van der Waals surface area contributed by atoms with Gasteiger partial charge in [0.25, 0.3) is 0 Å². The smallest absolute Gasteiger partial charge is 0.108 e. The van der Waals surface area contributed by atoms with E-state index in [1.807, 2.05) is 13.8 Å². The molecular formula is C9H21NO2. The highest BCUT2D eigenvalue weighted by atomic mass is 16.5. The molecule has 0 fully saturated rings. The van der Waals surface area contributed by atoms with Gasteiger partial charge in [0.2, 0.25) is 0 Å². The van der Waals surface area contributed by atoms with Crippen molar-refractivity contribution in [2.24, 2.45) is 5.73 Å². The fraction of sp³-hybridized carbons (Fsp3) is 1.00. The molecule has 0 radical (unpaired) electrons. The largest absolute Gasteiger partial charge is 0.385 e. The van der Waals surface area contributed by atoms with Crippen LogP contribution in [0.4, 0.5) is 0 Å². The third-order valence-electron chi connectivity index (χ3n) is 1.93. The highest BCUT2D eigenvalue weighted by molar-refractivity contribution is 4.67. The van der Waals surface area contributed by atoms with Gasteiger partial charge in [-0.2, -0.15) is 0 Å². The van der Waals surface area contributed by atoms with Gasteiger partial charge in [-0.25, -0.2) is 0 Å². The lowest BCUT2D eigenvalue weighted by atomic mass is 10.1. The number of ether oxygens (including phenoxy) is 2. The molecule has 0 aliphatic rings. The summed E-state index contributed by atoms with van der Waals surface area (Å²) in [6, 6.07) is 0. The number of methoxy groups -OCH3 is 1. The van der Waals surface area contributed by atoms with Crippen LogP contribution in [0.25, 0.3) is 0 Å². The first kappa shape index (κ1) is 11.9. The summed E-state index contributed by atoms with van der Waals surface area (Å²) >= 11 is 0. The maximum absolute atomic E-state index is 5.72. The van der Waals surface area contributed by atoms with Gasteiger partial charge in [0.05, 0.1) is 5.60 Å². The first-order valence-electron chi connectivity index (χ1n) is 4.44. The van der Waals surface area contributed by atoms with Crippen molar-refractivity contribution in [2.75, 3.05) is 13.7 Å². The minimum absolute atomic E-state index is 0.118. The van der Waals surface area contributed by atoms with Crippen molar-refractivity contribution in [1.82, 2.24) is 0 Å². The molecule has 3 heteroatoms. The lowest BCUT2D eigenvalue weighted by molar-refractivity contribution is -0.0792. The Labute approximate surface area is 75.2 Å². The zero-order valence-electron chi connectivity index (χ0n) is 8.59. The molecule has 0 aromatic carbocycles. The number of hydrogen-bond donors (Lipinski definition) is 1. The molecule has 0 heterocycles. The van der Waals surface area contributed by atoms with Crippen LogP contribution >= 0.6 is 0 Å². The van der Waals surface area contributed by atoms with E-state index in [2.05, 4.69) is 6.92 Å². The Balaban J connectivity index is 3.60. The first-order valence-corrected chi connectivity index (χ1v) is 4.44. The van der Waals surface area contributed by atoms with E-state index in [0.717, 1.165) is 12.8 Å². The molecule has 0 saturated heterocycles. The van der Waals surface area contributed by atoms with Gasteiger partial charge < -0.3 is 15.2 Å². The Morgan fingerprint density at radius 2 is 2.00 bits per heavy atom. The summed E-state index contributed by atoms with van der Waals surface area (Å²) < 4.78 is 10.5. The van der Waals surface area contributed by atoms with Crippen molar-refractivity contribution >= 4 is 0 Å². The van der Waals surface area contributed by atoms with Crippen molar-refractivity contribution in [3.63, 3.8) is 0 Å². The molecule has 0 aromatic rings. The highest BCUT2D eigenvalue weighted by Gasteiger charge is 2.18. The fourth-order valence-electron chi connectivity index (χ4n) is 0.786. The summed E-state index contributed by atoms with van der Waals surface area (Å²) in [5.74, 6) is 0. The van der Waals surface area contributed by atoms with Crippen LogP contribution in [0, 0.1) is 0 Å².